The first kappa shape index (κ1) is 17.8. The van der Waals surface area contributed by atoms with Crippen molar-refractivity contribution in [3.8, 4) is 5.75 Å². The monoisotopic (exact) mass is 366 g/mol. The highest BCUT2D eigenvalue weighted by Crippen LogP contribution is 2.34. The largest absolute Gasteiger partial charge is 0.495 e. The minimum atomic E-state index is -3.76. The van der Waals surface area contributed by atoms with Gasteiger partial charge < -0.3 is 10.5 Å². The molecular formula is C14H20Cl2N2O3S. The summed E-state index contributed by atoms with van der Waals surface area (Å²) < 4.78 is 33.0. The normalized spacial score (nSPS) is 22.5. The number of ether oxygens (including phenoxy) is 1. The Morgan fingerprint density at radius 3 is 2.59 bits per heavy atom. The first-order chi connectivity index (χ1) is 10.4. The number of hydrogen-bond acceptors (Lipinski definition) is 4. The number of benzene rings is 1. The molecule has 2 atom stereocenters. The van der Waals surface area contributed by atoms with Crippen LogP contribution in [0, 0.1) is 5.92 Å². The maximum Gasteiger partial charge on any atom is 0.242 e. The van der Waals surface area contributed by atoms with Crippen LogP contribution in [0.4, 0.5) is 0 Å². The van der Waals surface area contributed by atoms with Crippen LogP contribution in [0.3, 0.4) is 0 Å². The van der Waals surface area contributed by atoms with Crippen molar-refractivity contribution in [1.82, 2.24) is 4.72 Å². The second kappa shape index (κ2) is 7.36. The lowest BCUT2D eigenvalue weighted by atomic mass is 9.85. The molecule has 1 aliphatic carbocycles. The van der Waals surface area contributed by atoms with Gasteiger partial charge in [-0.1, -0.05) is 36.0 Å². The second-order valence-corrected chi connectivity index (χ2v) is 7.92. The maximum atomic E-state index is 12.6. The molecule has 1 saturated carbocycles. The Labute approximate surface area is 141 Å². The van der Waals surface area contributed by atoms with E-state index in [9.17, 15) is 8.42 Å². The van der Waals surface area contributed by atoms with Gasteiger partial charge in [0.25, 0.3) is 0 Å². The van der Waals surface area contributed by atoms with Crippen molar-refractivity contribution < 1.29 is 13.2 Å². The third kappa shape index (κ3) is 3.86. The van der Waals surface area contributed by atoms with Gasteiger partial charge in [0, 0.05) is 12.1 Å². The van der Waals surface area contributed by atoms with E-state index < -0.39 is 10.0 Å². The molecule has 1 fully saturated rings. The zero-order valence-corrected chi connectivity index (χ0v) is 14.6. The van der Waals surface area contributed by atoms with Crippen LogP contribution < -0.4 is 15.2 Å². The zero-order chi connectivity index (χ0) is 16.3. The summed E-state index contributed by atoms with van der Waals surface area (Å²) in [5.74, 6) is 0.485. The van der Waals surface area contributed by atoms with Gasteiger partial charge in [-0.15, -0.1) is 0 Å². The molecule has 5 nitrogen and oxygen atoms in total. The summed E-state index contributed by atoms with van der Waals surface area (Å²) in [5, 5.41) is 0.278. The number of halogens is 2. The van der Waals surface area contributed by atoms with Crippen LogP contribution >= 0.6 is 23.2 Å². The molecule has 8 heteroatoms. The Hall–Kier alpha value is -0.530. The van der Waals surface area contributed by atoms with Crippen molar-refractivity contribution in [2.45, 2.75) is 36.6 Å². The highest BCUT2D eigenvalue weighted by Gasteiger charge is 2.30. The van der Waals surface area contributed by atoms with E-state index in [1.165, 1.54) is 19.2 Å². The Kier molecular flexibility index (Phi) is 5.96. The standard InChI is InChI=1S/C14H20Cl2N2O3S/c1-21-13-6-11(16)14(7-10(13)15)22(19,20)18-12-5-3-2-4-9(12)8-17/h6-7,9,12,18H,2-5,8,17H2,1H3. The van der Waals surface area contributed by atoms with Crippen molar-refractivity contribution in [3.05, 3.63) is 22.2 Å². The van der Waals surface area contributed by atoms with Gasteiger partial charge in [0.15, 0.2) is 0 Å². The fourth-order valence-electron chi connectivity index (χ4n) is 2.78. The summed E-state index contributed by atoms with van der Waals surface area (Å²) in [5.41, 5.74) is 5.74. The summed E-state index contributed by atoms with van der Waals surface area (Å²) in [6, 6.07) is 2.55. The average Bonchev–Trinajstić information content (AvgIpc) is 2.49. The molecule has 0 spiro atoms. The Bertz CT molecular complexity index is 637. The van der Waals surface area contributed by atoms with Crippen molar-refractivity contribution >= 4 is 33.2 Å². The fourth-order valence-corrected chi connectivity index (χ4v) is 4.97. The Balaban J connectivity index is 2.28. The first-order valence-corrected chi connectivity index (χ1v) is 9.38. The van der Waals surface area contributed by atoms with E-state index in [1.54, 1.807) is 0 Å². The quantitative estimate of drug-likeness (QED) is 0.839. The number of rotatable bonds is 5. The lowest BCUT2D eigenvalue weighted by molar-refractivity contribution is 0.296. The van der Waals surface area contributed by atoms with Crippen LogP contribution in [0.1, 0.15) is 25.7 Å². The van der Waals surface area contributed by atoms with E-state index >= 15 is 0 Å². The molecule has 0 bridgehead atoms. The lowest BCUT2D eigenvalue weighted by Gasteiger charge is -2.31. The molecule has 0 radical (unpaired) electrons. The van der Waals surface area contributed by atoms with Gasteiger partial charge in [-0.2, -0.15) is 0 Å². The van der Waals surface area contributed by atoms with Crippen LogP contribution in [-0.2, 0) is 10.0 Å². The molecule has 3 N–H and O–H groups in total. The highest BCUT2D eigenvalue weighted by atomic mass is 35.5. The van der Waals surface area contributed by atoms with E-state index in [0.717, 1.165) is 25.7 Å². The van der Waals surface area contributed by atoms with Crippen LogP contribution in [-0.4, -0.2) is 28.1 Å². The highest BCUT2D eigenvalue weighted by molar-refractivity contribution is 7.89. The number of sulfonamides is 1. The fraction of sp³-hybridized carbons (Fsp3) is 0.571. The predicted octanol–water partition coefficient (Wildman–Crippen LogP) is 2.80. The first-order valence-electron chi connectivity index (χ1n) is 7.14. The number of methoxy groups -OCH3 is 1. The molecule has 1 aromatic carbocycles. The third-order valence-corrected chi connectivity index (χ3v) is 6.26. The predicted molar refractivity (Wildman–Crippen MR) is 88.1 cm³/mol. The molecule has 0 amide bonds. The summed E-state index contributed by atoms with van der Waals surface area (Å²) in [7, 11) is -2.32. The van der Waals surface area contributed by atoms with Gasteiger partial charge in [0.1, 0.15) is 10.6 Å². The molecule has 124 valence electrons. The average molecular weight is 367 g/mol. The molecule has 2 rings (SSSR count). The maximum absolute atomic E-state index is 12.6. The molecule has 0 aliphatic heterocycles. The molecular weight excluding hydrogens is 347 g/mol. The SMILES string of the molecule is COc1cc(Cl)c(S(=O)(=O)NC2CCCCC2CN)cc1Cl. The number of nitrogens with two attached hydrogens (primary N) is 1. The Morgan fingerprint density at radius 2 is 1.95 bits per heavy atom. The van der Waals surface area contributed by atoms with Crippen molar-refractivity contribution in [2.75, 3.05) is 13.7 Å². The summed E-state index contributed by atoms with van der Waals surface area (Å²) in [4.78, 5) is -0.0405. The smallest absolute Gasteiger partial charge is 0.242 e. The van der Waals surface area contributed by atoms with Gasteiger partial charge in [-0.05, 0) is 31.4 Å². The van der Waals surface area contributed by atoms with Gasteiger partial charge in [-0.25, -0.2) is 13.1 Å². The summed E-state index contributed by atoms with van der Waals surface area (Å²) in [6.45, 7) is 0.463. The lowest BCUT2D eigenvalue weighted by Crippen LogP contribution is -2.44. The molecule has 0 aromatic heterocycles. The number of hydrogen-bond donors (Lipinski definition) is 2. The van der Waals surface area contributed by atoms with E-state index in [2.05, 4.69) is 4.72 Å². The third-order valence-electron chi connectivity index (χ3n) is 4.01. The van der Waals surface area contributed by atoms with Gasteiger partial charge >= 0.3 is 0 Å². The van der Waals surface area contributed by atoms with Crippen molar-refractivity contribution in [1.29, 1.82) is 0 Å². The van der Waals surface area contributed by atoms with Crippen molar-refractivity contribution in [3.63, 3.8) is 0 Å². The molecule has 1 aliphatic rings. The van der Waals surface area contributed by atoms with Crippen molar-refractivity contribution in [2.24, 2.45) is 11.7 Å². The van der Waals surface area contributed by atoms with E-state index in [4.69, 9.17) is 33.7 Å². The number of nitrogens with one attached hydrogen (secondary N) is 1. The molecule has 1 aromatic rings. The summed E-state index contributed by atoms with van der Waals surface area (Å²) >= 11 is 12.1. The molecule has 0 heterocycles. The zero-order valence-electron chi connectivity index (χ0n) is 12.3. The van der Waals surface area contributed by atoms with Gasteiger partial charge in [0.2, 0.25) is 10.0 Å². The Morgan fingerprint density at radius 1 is 1.27 bits per heavy atom. The molecule has 22 heavy (non-hydrogen) atoms. The minimum Gasteiger partial charge on any atom is -0.495 e. The second-order valence-electron chi connectivity index (χ2n) is 5.43. The van der Waals surface area contributed by atoms with Crippen LogP contribution in [0.25, 0.3) is 0 Å². The van der Waals surface area contributed by atoms with Crippen LogP contribution in [0.2, 0.25) is 10.0 Å². The van der Waals surface area contributed by atoms with E-state index in [-0.39, 0.29) is 26.9 Å². The van der Waals surface area contributed by atoms with Gasteiger partial charge in [-0.3, -0.25) is 0 Å². The summed E-state index contributed by atoms with van der Waals surface area (Å²) in [6.07, 6.45) is 3.78. The van der Waals surface area contributed by atoms with E-state index in [0.29, 0.717) is 12.3 Å². The topological polar surface area (TPSA) is 81.4 Å². The minimum absolute atomic E-state index is 0.0405. The molecule has 0 saturated heterocycles. The van der Waals surface area contributed by atoms with Crippen LogP contribution in [0.15, 0.2) is 17.0 Å². The molecule has 2 unspecified atom stereocenters. The van der Waals surface area contributed by atoms with Gasteiger partial charge in [0.05, 0.1) is 17.2 Å². The van der Waals surface area contributed by atoms with Crippen LogP contribution in [0.5, 0.6) is 5.75 Å². The van der Waals surface area contributed by atoms with E-state index in [1.807, 2.05) is 0 Å².